The topological polar surface area (TPSA) is 69.4 Å². The number of nitrogens with zero attached hydrogens (tertiary/aromatic N) is 1. The monoisotopic (exact) mass is 221 g/mol. The van der Waals surface area contributed by atoms with Gasteiger partial charge in [0.1, 0.15) is 0 Å². The number of carbonyl (C=O) groups is 1. The van der Waals surface area contributed by atoms with Crippen LogP contribution in [0.2, 0.25) is 0 Å². The Balaban J connectivity index is 1.96. The second-order valence-corrected chi connectivity index (χ2v) is 3.85. The quantitative estimate of drug-likeness (QED) is 0.443. The van der Waals surface area contributed by atoms with Gasteiger partial charge in [-0.05, 0) is 30.9 Å². The molecule has 1 aliphatic rings. The van der Waals surface area contributed by atoms with Gasteiger partial charge in [-0.2, -0.15) is 0 Å². The maximum absolute atomic E-state index is 11.5. The lowest BCUT2D eigenvalue weighted by Crippen LogP contribution is -2.07. The molecule has 84 valence electrons. The summed E-state index contributed by atoms with van der Waals surface area (Å²) in [6.07, 6.45) is 2.24. The molecule has 1 aromatic rings. The van der Waals surface area contributed by atoms with Crippen LogP contribution in [0.3, 0.4) is 0 Å². The number of esters is 1. The second-order valence-electron chi connectivity index (χ2n) is 3.85. The van der Waals surface area contributed by atoms with Crippen LogP contribution in [0, 0.1) is 16.0 Å². The molecule has 0 atom stereocenters. The molecule has 5 heteroatoms. The number of nitro benzene ring substituents is 1. The van der Waals surface area contributed by atoms with Gasteiger partial charge in [-0.15, -0.1) is 0 Å². The van der Waals surface area contributed by atoms with Crippen LogP contribution in [-0.4, -0.2) is 17.5 Å². The van der Waals surface area contributed by atoms with Crippen molar-refractivity contribution in [2.75, 3.05) is 6.61 Å². The summed E-state index contributed by atoms with van der Waals surface area (Å²) in [5, 5.41) is 10.4. The van der Waals surface area contributed by atoms with Gasteiger partial charge in [0.25, 0.3) is 5.69 Å². The first-order valence-corrected chi connectivity index (χ1v) is 5.08. The zero-order valence-corrected chi connectivity index (χ0v) is 8.59. The Morgan fingerprint density at radius 2 is 2.00 bits per heavy atom. The molecule has 0 aliphatic heterocycles. The van der Waals surface area contributed by atoms with Crippen molar-refractivity contribution < 1.29 is 14.5 Å². The van der Waals surface area contributed by atoms with E-state index in [1.165, 1.54) is 24.3 Å². The van der Waals surface area contributed by atoms with E-state index in [2.05, 4.69) is 0 Å². The minimum absolute atomic E-state index is 0.0289. The first kappa shape index (κ1) is 10.6. The second kappa shape index (κ2) is 4.30. The van der Waals surface area contributed by atoms with Gasteiger partial charge in [-0.3, -0.25) is 10.1 Å². The van der Waals surface area contributed by atoms with Gasteiger partial charge in [0.2, 0.25) is 0 Å². The average molecular weight is 221 g/mol. The Hall–Kier alpha value is -1.91. The van der Waals surface area contributed by atoms with E-state index in [9.17, 15) is 14.9 Å². The maximum atomic E-state index is 11.5. The lowest BCUT2D eigenvalue weighted by Gasteiger charge is -2.02. The molecule has 1 aromatic carbocycles. The third-order valence-corrected chi connectivity index (χ3v) is 2.46. The number of nitro groups is 1. The van der Waals surface area contributed by atoms with Crippen LogP contribution < -0.4 is 0 Å². The molecular formula is C11H11NO4. The van der Waals surface area contributed by atoms with E-state index in [1.54, 1.807) is 0 Å². The summed E-state index contributed by atoms with van der Waals surface area (Å²) in [6.45, 7) is 0.454. The lowest BCUT2D eigenvalue weighted by molar-refractivity contribution is -0.384. The van der Waals surface area contributed by atoms with Gasteiger partial charge in [-0.1, -0.05) is 0 Å². The minimum Gasteiger partial charge on any atom is -0.462 e. The summed E-state index contributed by atoms with van der Waals surface area (Å²) >= 11 is 0. The Kier molecular flexibility index (Phi) is 2.85. The van der Waals surface area contributed by atoms with Crippen molar-refractivity contribution in [2.24, 2.45) is 5.92 Å². The molecule has 0 saturated heterocycles. The fraction of sp³-hybridized carbons (Fsp3) is 0.364. The summed E-state index contributed by atoms with van der Waals surface area (Å²) in [4.78, 5) is 21.4. The zero-order chi connectivity index (χ0) is 11.5. The number of carbonyl (C=O) groups excluding carboxylic acids is 1. The molecule has 16 heavy (non-hydrogen) atoms. The van der Waals surface area contributed by atoms with Crippen molar-refractivity contribution >= 4 is 11.7 Å². The lowest BCUT2D eigenvalue weighted by atomic mass is 10.2. The first-order valence-electron chi connectivity index (χ1n) is 5.08. The Morgan fingerprint density at radius 3 is 2.50 bits per heavy atom. The Labute approximate surface area is 92.2 Å². The molecule has 0 N–H and O–H groups in total. The van der Waals surface area contributed by atoms with Crippen LogP contribution in [0.5, 0.6) is 0 Å². The number of hydrogen-bond donors (Lipinski definition) is 0. The maximum Gasteiger partial charge on any atom is 0.338 e. The molecule has 0 amide bonds. The van der Waals surface area contributed by atoms with Crippen LogP contribution in [0.1, 0.15) is 23.2 Å². The number of ether oxygens (including phenoxy) is 1. The number of benzene rings is 1. The zero-order valence-electron chi connectivity index (χ0n) is 8.59. The third-order valence-electron chi connectivity index (χ3n) is 2.46. The van der Waals surface area contributed by atoms with E-state index in [0.717, 1.165) is 12.8 Å². The highest BCUT2D eigenvalue weighted by atomic mass is 16.6. The summed E-state index contributed by atoms with van der Waals surface area (Å²) in [5.74, 6) is 0.101. The van der Waals surface area contributed by atoms with Crippen molar-refractivity contribution in [3.05, 3.63) is 39.9 Å². The molecule has 1 saturated carbocycles. The largest absolute Gasteiger partial charge is 0.462 e. The fourth-order valence-electron chi connectivity index (χ4n) is 1.28. The highest BCUT2D eigenvalue weighted by molar-refractivity contribution is 5.89. The van der Waals surface area contributed by atoms with Gasteiger partial charge in [0.15, 0.2) is 0 Å². The highest BCUT2D eigenvalue weighted by Gasteiger charge is 2.23. The van der Waals surface area contributed by atoms with Crippen molar-refractivity contribution in [3.63, 3.8) is 0 Å². The molecule has 0 spiro atoms. The van der Waals surface area contributed by atoms with Gasteiger partial charge in [-0.25, -0.2) is 4.79 Å². The van der Waals surface area contributed by atoms with Crippen LogP contribution in [0.4, 0.5) is 5.69 Å². The van der Waals surface area contributed by atoms with E-state index >= 15 is 0 Å². The molecule has 1 aliphatic carbocycles. The molecule has 0 aromatic heterocycles. The van der Waals surface area contributed by atoms with Crippen molar-refractivity contribution in [3.8, 4) is 0 Å². The molecular weight excluding hydrogens is 210 g/mol. The van der Waals surface area contributed by atoms with Crippen LogP contribution in [0.15, 0.2) is 24.3 Å². The molecule has 1 fully saturated rings. The average Bonchev–Trinajstić information content (AvgIpc) is 3.10. The predicted octanol–water partition coefficient (Wildman–Crippen LogP) is 2.16. The Morgan fingerprint density at radius 1 is 1.38 bits per heavy atom. The molecule has 5 nitrogen and oxygen atoms in total. The van der Waals surface area contributed by atoms with E-state index in [0.29, 0.717) is 18.1 Å². The summed E-state index contributed by atoms with van der Waals surface area (Å²) in [7, 11) is 0. The van der Waals surface area contributed by atoms with Crippen molar-refractivity contribution in [1.29, 1.82) is 0 Å². The summed E-state index contributed by atoms with van der Waals surface area (Å²) in [5.41, 5.74) is 0.324. The highest BCUT2D eigenvalue weighted by Crippen LogP contribution is 2.29. The van der Waals surface area contributed by atoms with E-state index in [1.807, 2.05) is 0 Å². The normalized spacial score (nSPS) is 14.5. The van der Waals surface area contributed by atoms with E-state index < -0.39 is 10.9 Å². The van der Waals surface area contributed by atoms with Gasteiger partial charge in [0.05, 0.1) is 17.1 Å². The van der Waals surface area contributed by atoms with Gasteiger partial charge >= 0.3 is 5.97 Å². The number of rotatable bonds is 4. The molecule has 0 unspecified atom stereocenters. The number of non-ortho nitro benzene ring substituents is 1. The standard InChI is InChI=1S/C11H11NO4/c13-11(16-7-8-1-2-8)9-3-5-10(6-4-9)12(14)15/h3-6,8H,1-2,7H2. The Bertz CT molecular complexity index is 408. The van der Waals surface area contributed by atoms with Gasteiger partial charge in [0, 0.05) is 12.1 Å². The van der Waals surface area contributed by atoms with Gasteiger partial charge < -0.3 is 4.74 Å². The molecule has 2 rings (SSSR count). The van der Waals surface area contributed by atoms with E-state index in [-0.39, 0.29) is 5.69 Å². The predicted molar refractivity (Wildman–Crippen MR) is 56.1 cm³/mol. The van der Waals surface area contributed by atoms with Crippen LogP contribution >= 0.6 is 0 Å². The van der Waals surface area contributed by atoms with Crippen molar-refractivity contribution in [2.45, 2.75) is 12.8 Å². The number of hydrogen-bond acceptors (Lipinski definition) is 4. The van der Waals surface area contributed by atoms with E-state index in [4.69, 9.17) is 4.74 Å². The first-order chi connectivity index (χ1) is 7.66. The van der Waals surface area contributed by atoms with Crippen LogP contribution in [0.25, 0.3) is 0 Å². The summed E-state index contributed by atoms with van der Waals surface area (Å²) < 4.78 is 5.04. The van der Waals surface area contributed by atoms with Crippen LogP contribution in [-0.2, 0) is 4.74 Å². The fourth-order valence-corrected chi connectivity index (χ4v) is 1.28. The molecule has 0 heterocycles. The smallest absolute Gasteiger partial charge is 0.338 e. The van der Waals surface area contributed by atoms with Crippen molar-refractivity contribution in [1.82, 2.24) is 0 Å². The SMILES string of the molecule is O=C(OCC1CC1)c1ccc([N+](=O)[O-])cc1. The minimum atomic E-state index is -0.501. The summed E-state index contributed by atoms with van der Waals surface area (Å²) in [6, 6.07) is 5.42. The molecule has 0 radical (unpaired) electrons. The third kappa shape index (κ3) is 2.56. The molecule has 0 bridgehead atoms.